The Balaban J connectivity index is 1.60. The van der Waals surface area contributed by atoms with E-state index in [1.807, 2.05) is 0 Å². The van der Waals surface area contributed by atoms with Crippen LogP contribution in [0, 0.1) is 12.7 Å². The number of hydrogen-bond acceptors (Lipinski definition) is 6. The predicted octanol–water partition coefficient (Wildman–Crippen LogP) is 1.78. The molecule has 0 unspecified atom stereocenters. The van der Waals surface area contributed by atoms with E-state index >= 15 is 0 Å². The molecule has 0 saturated heterocycles. The molecule has 0 aliphatic heterocycles. The van der Waals surface area contributed by atoms with Crippen LogP contribution >= 0.6 is 11.6 Å². The van der Waals surface area contributed by atoms with E-state index in [2.05, 4.69) is 25.4 Å². The minimum Gasteiger partial charge on any atom is -0.493 e. The monoisotopic (exact) mass is 455 g/mol. The largest absolute Gasteiger partial charge is 0.493 e. The Bertz CT molecular complexity index is 1520. The molecule has 0 bridgehead atoms. The number of nitrogens with zero attached hydrogens (tertiary/aromatic N) is 4. The fraction of sp³-hybridized carbons (Fsp3) is 0.238. The van der Waals surface area contributed by atoms with Crippen LogP contribution < -0.4 is 21.7 Å². The van der Waals surface area contributed by atoms with Gasteiger partial charge in [-0.15, -0.1) is 0 Å². The third kappa shape index (κ3) is 3.84. The van der Waals surface area contributed by atoms with Crippen LogP contribution in [-0.4, -0.2) is 35.7 Å². The lowest BCUT2D eigenvalue weighted by atomic mass is 10.1. The lowest BCUT2D eigenvalue weighted by Crippen LogP contribution is -2.20. The Hall–Kier alpha value is -3.66. The van der Waals surface area contributed by atoms with E-state index in [-0.39, 0.29) is 30.0 Å². The molecule has 9 nitrogen and oxygen atoms in total. The zero-order valence-electron chi connectivity index (χ0n) is 17.0. The number of rotatable bonds is 5. The van der Waals surface area contributed by atoms with Gasteiger partial charge in [-0.25, -0.2) is 14.2 Å². The standard InChI is InChI=1S/C21H19ClFN7O2/c1-10-2-5-14(22)13(18(10)23)9-24-16-7-17(26-12-3-4-12)30-19(28-16)11(8-25-30)6-15-20(31)29-21(32)27-15/h2,5-8,12,24,31H,3-4,9H2,1H3,(H2,27,29,32)/b11-6-,26-17?. The summed E-state index contributed by atoms with van der Waals surface area (Å²) in [4.78, 5) is 25.5. The number of fused-ring (bicyclic) bond motifs is 1. The third-order valence-electron chi connectivity index (χ3n) is 5.20. The van der Waals surface area contributed by atoms with Crippen LogP contribution in [-0.2, 0) is 6.54 Å². The van der Waals surface area contributed by atoms with Crippen LogP contribution in [0.25, 0.3) is 11.7 Å². The van der Waals surface area contributed by atoms with Gasteiger partial charge >= 0.3 is 5.69 Å². The van der Waals surface area contributed by atoms with Gasteiger partial charge in [0.25, 0.3) is 0 Å². The molecule has 4 aromatic rings. The van der Waals surface area contributed by atoms with Crippen molar-refractivity contribution < 1.29 is 9.50 Å². The van der Waals surface area contributed by atoms with Gasteiger partial charge in [0.15, 0.2) is 11.1 Å². The predicted molar refractivity (Wildman–Crippen MR) is 117 cm³/mol. The van der Waals surface area contributed by atoms with Crippen LogP contribution in [0.1, 0.15) is 29.7 Å². The van der Waals surface area contributed by atoms with Gasteiger partial charge in [0.1, 0.15) is 17.3 Å². The molecule has 1 fully saturated rings. The van der Waals surface area contributed by atoms with Crippen molar-refractivity contribution in [3.63, 3.8) is 0 Å². The Morgan fingerprint density at radius 2 is 2.22 bits per heavy atom. The smallest absolute Gasteiger partial charge is 0.326 e. The molecule has 1 aliphatic carbocycles. The number of imidazole rings is 1. The number of aromatic amines is 2. The molecule has 0 amide bonds. The molecule has 4 N–H and O–H groups in total. The number of benzene rings is 1. The van der Waals surface area contributed by atoms with Gasteiger partial charge in [0.05, 0.1) is 12.2 Å². The Kier molecular flexibility index (Phi) is 4.93. The first-order valence-corrected chi connectivity index (χ1v) is 10.4. The average Bonchev–Trinajstić information content (AvgIpc) is 3.39. The highest BCUT2D eigenvalue weighted by Gasteiger charge is 2.20. The van der Waals surface area contributed by atoms with E-state index in [0.29, 0.717) is 38.3 Å². The maximum atomic E-state index is 14.5. The number of H-pyrrole nitrogens is 2. The first-order chi connectivity index (χ1) is 15.4. The van der Waals surface area contributed by atoms with Gasteiger partial charge in [-0.05, 0) is 37.5 Å². The SMILES string of the molecule is Cc1ccc(Cl)c(CNc2cc(=NC3CC3)n3nc/c(=C/c4[nH]c(=O)[nH]c4O)c3n2)c1F. The molecule has 1 aliphatic rings. The summed E-state index contributed by atoms with van der Waals surface area (Å²) < 4.78 is 16.1. The molecule has 1 aromatic carbocycles. The second-order valence-corrected chi connectivity index (χ2v) is 8.10. The quantitative estimate of drug-likeness (QED) is 0.365. The molecule has 0 spiro atoms. The first kappa shape index (κ1) is 20.3. The maximum Gasteiger partial charge on any atom is 0.326 e. The molecule has 1 saturated carbocycles. The summed E-state index contributed by atoms with van der Waals surface area (Å²) in [5, 5.41) is 18.3. The average molecular weight is 456 g/mol. The lowest BCUT2D eigenvalue weighted by Gasteiger charge is -2.10. The van der Waals surface area contributed by atoms with Crippen molar-refractivity contribution in [3.8, 4) is 5.88 Å². The highest BCUT2D eigenvalue weighted by molar-refractivity contribution is 6.31. The topological polar surface area (TPSA) is 123 Å². The van der Waals surface area contributed by atoms with Gasteiger partial charge in [0.2, 0.25) is 5.88 Å². The second-order valence-electron chi connectivity index (χ2n) is 7.69. The van der Waals surface area contributed by atoms with Crippen LogP contribution in [0.4, 0.5) is 10.2 Å². The third-order valence-corrected chi connectivity index (χ3v) is 5.56. The second kappa shape index (κ2) is 7.79. The van der Waals surface area contributed by atoms with Crippen molar-refractivity contribution in [2.45, 2.75) is 32.4 Å². The molecule has 32 heavy (non-hydrogen) atoms. The highest BCUT2D eigenvalue weighted by atomic mass is 35.5. The summed E-state index contributed by atoms with van der Waals surface area (Å²) in [5.41, 5.74) is 1.60. The molecule has 0 atom stereocenters. The van der Waals surface area contributed by atoms with Gasteiger partial charge in [-0.3, -0.25) is 9.98 Å². The first-order valence-electron chi connectivity index (χ1n) is 10.0. The fourth-order valence-corrected chi connectivity index (χ4v) is 3.56. The zero-order valence-corrected chi connectivity index (χ0v) is 17.7. The van der Waals surface area contributed by atoms with Gasteiger partial charge in [-0.1, -0.05) is 17.7 Å². The molecule has 164 valence electrons. The van der Waals surface area contributed by atoms with E-state index in [4.69, 9.17) is 16.6 Å². The summed E-state index contributed by atoms with van der Waals surface area (Å²) in [5.74, 6) is -0.175. The van der Waals surface area contributed by atoms with Crippen molar-refractivity contribution >= 4 is 29.1 Å². The van der Waals surface area contributed by atoms with Gasteiger partial charge in [-0.2, -0.15) is 9.61 Å². The molecular weight excluding hydrogens is 437 g/mol. The van der Waals surface area contributed by atoms with E-state index in [1.54, 1.807) is 41.9 Å². The van der Waals surface area contributed by atoms with Crippen LogP contribution in [0.3, 0.4) is 0 Å². The highest BCUT2D eigenvalue weighted by Crippen LogP contribution is 2.24. The fourth-order valence-electron chi connectivity index (χ4n) is 3.34. The molecule has 0 radical (unpaired) electrons. The Labute approximate surface area is 185 Å². The van der Waals surface area contributed by atoms with E-state index in [9.17, 15) is 14.3 Å². The van der Waals surface area contributed by atoms with Crippen molar-refractivity contribution in [1.29, 1.82) is 0 Å². The number of aromatic nitrogens is 5. The van der Waals surface area contributed by atoms with E-state index in [0.717, 1.165) is 12.8 Å². The number of halogens is 2. The van der Waals surface area contributed by atoms with Crippen molar-refractivity contribution in [1.82, 2.24) is 24.6 Å². The van der Waals surface area contributed by atoms with Gasteiger partial charge < -0.3 is 15.4 Å². The summed E-state index contributed by atoms with van der Waals surface area (Å²) in [7, 11) is 0. The summed E-state index contributed by atoms with van der Waals surface area (Å²) >= 11 is 6.19. The van der Waals surface area contributed by atoms with Crippen molar-refractivity contribution in [3.05, 3.63) is 73.2 Å². The molecule has 3 heterocycles. The van der Waals surface area contributed by atoms with Crippen molar-refractivity contribution in [2.75, 3.05) is 5.32 Å². The van der Waals surface area contributed by atoms with Crippen LogP contribution in [0.2, 0.25) is 5.02 Å². The number of anilines is 1. The van der Waals surface area contributed by atoms with Crippen LogP contribution in [0.5, 0.6) is 5.88 Å². The normalized spacial score (nSPS) is 15.1. The summed E-state index contributed by atoms with van der Waals surface area (Å²) in [6, 6.07) is 5.28. The number of hydrogen-bond donors (Lipinski definition) is 4. The Morgan fingerprint density at radius 1 is 1.41 bits per heavy atom. The number of aryl methyl sites for hydroxylation is 1. The maximum absolute atomic E-state index is 14.5. The van der Waals surface area contributed by atoms with E-state index in [1.165, 1.54) is 0 Å². The van der Waals surface area contributed by atoms with E-state index < -0.39 is 5.69 Å². The molecular formula is C21H19ClFN7O2. The van der Waals surface area contributed by atoms with Crippen LogP contribution in [0.15, 0.2) is 34.2 Å². The number of aromatic hydroxyl groups is 1. The van der Waals surface area contributed by atoms with Crippen molar-refractivity contribution in [2.24, 2.45) is 4.99 Å². The minimum absolute atomic E-state index is 0.136. The summed E-state index contributed by atoms with van der Waals surface area (Å²) in [6.07, 6.45) is 5.15. The lowest BCUT2D eigenvalue weighted by molar-refractivity contribution is 0.454. The zero-order chi connectivity index (χ0) is 22.4. The Morgan fingerprint density at radius 3 is 2.94 bits per heavy atom. The minimum atomic E-state index is -0.526. The number of nitrogens with one attached hydrogen (secondary N) is 3. The van der Waals surface area contributed by atoms with Gasteiger partial charge in [0, 0.05) is 28.4 Å². The molecule has 11 heteroatoms. The molecule has 3 aromatic heterocycles. The summed E-state index contributed by atoms with van der Waals surface area (Å²) in [6.45, 7) is 1.82. The molecule has 5 rings (SSSR count).